The van der Waals surface area contributed by atoms with Crippen molar-refractivity contribution in [2.75, 3.05) is 11.1 Å². The fraction of sp³-hybridized carbons (Fsp3) is 0.267. The second-order valence-corrected chi connectivity index (χ2v) is 5.29. The Morgan fingerprint density at radius 2 is 2.04 bits per heavy atom. The van der Waals surface area contributed by atoms with E-state index in [0.29, 0.717) is 11.8 Å². The van der Waals surface area contributed by atoms with E-state index in [1.807, 2.05) is 13.8 Å². The topological polar surface area (TPSA) is 90.0 Å². The predicted octanol–water partition coefficient (Wildman–Crippen LogP) is 1.87. The first-order valence-electron chi connectivity index (χ1n) is 6.90. The van der Waals surface area contributed by atoms with Crippen LogP contribution < -0.4 is 16.6 Å². The van der Waals surface area contributed by atoms with Crippen molar-refractivity contribution in [3.63, 3.8) is 0 Å². The summed E-state index contributed by atoms with van der Waals surface area (Å²) in [6.45, 7) is 3.29. The highest BCUT2D eigenvalue weighted by Crippen LogP contribution is 2.15. The fourth-order valence-corrected chi connectivity index (χ4v) is 1.92. The highest BCUT2D eigenvalue weighted by atomic mass is 19.1. The van der Waals surface area contributed by atoms with Gasteiger partial charge in [0.25, 0.3) is 5.56 Å². The summed E-state index contributed by atoms with van der Waals surface area (Å²) < 4.78 is 27.3. The van der Waals surface area contributed by atoms with Crippen molar-refractivity contribution >= 4 is 17.5 Å². The normalized spacial score (nSPS) is 10.8. The van der Waals surface area contributed by atoms with E-state index < -0.39 is 29.6 Å². The SMILES string of the molecule is CC(C)c1cc(=O)n(CC(=O)Nc2ccc(F)cc2F)c(N)n1. The van der Waals surface area contributed by atoms with Gasteiger partial charge in [-0.1, -0.05) is 13.8 Å². The summed E-state index contributed by atoms with van der Waals surface area (Å²) in [6, 6.07) is 4.05. The average molecular weight is 322 g/mol. The van der Waals surface area contributed by atoms with Crippen LogP contribution in [-0.4, -0.2) is 15.5 Å². The molecule has 0 radical (unpaired) electrons. The van der Waals surface area contributed by atoms with Crippen LogP contribution >= 0.6 is 0 Å². The molecule has 0 unspecified atom stereocenters. The number of amides is 1. The highest BCUT2D eigenvalue weighted by molar-refractivity contribution is 5.90. The molecule has 0 aliphatic heterocycles. The van der Waals surface area contributed by atoms with Crippen LogP contribution in [-0.2, 0) is 11.3 Å². The van der Waals surface area contributed by atoms with Crippen LogP contribution in [0.2, 0.25) is 0 Å². The van der Waals surface area contributed by atoms with Gasteiger partial charge in [0.05, 0.1) is 11.4 Å². The van der Waals surface area contributed by atoms with Gasteiger partial charge in [-0.3, -0.25) is 14.2 Å². The summed E-state index contributed by atoms with van der Waals surface area (Å²) in [5, 5.41) is 2.25. The van der Waals surface area contributed by atoms with E-state index in [1.165, 1.54) is 6.07 Å². The maximum Gasteiger partial charge on any atom is 0.255 e. The third-order valence-corrected chi connectivity index (χ3v) is 3.16. The molecule has 122 valence electrons. The molecule has 0 saturated carbocycles. The lowest BCUT2D eigenvalue weighted by Gasteiger charge is -2.12. The number of nitrogens with one attached hydrogen (secondary N) is 1. The quantitative estimate of drug-likeness (QED) is 0.899. The van der Waals surface area contributed by atoms with E-state index in [1.54, 1.807) is 0 Å². The number of hydrogen-bond donors (Lipinski definition) is 2. The minimum Gasteiger partial charge on any atom is -0.369 e. The van der Waals surface area contributed by atoms with Crippen molar-refractivity contribution in [3.8, 4) is 0 Å². The second kappa shape index (κ2) is 6.55. The van der Waals surface area contributed by atoms with Crippen LogP contribution in [0.3, 0.4) is 0 Å². The van der Waals surface area contributed by atoms with Crippen molar-refractivity contribution in [1.82, 2.24) is 9.55 Å². The minimum absolute atomic E-state index is 0.0155. The van der Waals surface area contributed by atoms with Crippen molar-refractivity contribution < 1.29 is 13.6 Å². The number of nitrogen functional groups attached to an aromatic ring is 1. The first kappa shape index (κ1) is 16.6. The number of nitrogens with zero attached hydrogens (tertiary/aromatic N) is 2. The number of halogens is 2. The Labute approximate surface area is 131 Å². The molecule has 0 atom stereocenters. The zero-order chi connectivity index (χ0) is 17.1. The van der Waals surface area contributed by atoms with Gasteiger partial charge in [0.15, 0.2) is 0 Å². The van der Waals surface area contributed by atoms with Crippen LogP contribution in [0.15, 0.2) is 29.1 Å². The molecule has 0 bridgehead atoms. The van der Waals surface area contributed by atoms with Gasteiger partial charge in [-0.15, -0.1) is 0 Å². The van der Waals surface area contributed by atoms with Crippen LogP contribution in [0.5, 0.6) is 0 Å². The van der Waals surface area contributed by atoms with Gasteiger partial charge >= 0.3 is 0 Å². The number of nitrogens with two attached hydrogens (primary N) is 1. The monoisotopic (exact) mass is 322 g/mol. The molecule has 0 aliphatic carbocycles. The smallest absolute Gasteiger partial charge is 0.255 e. The molecular formula is C15H16F2N4O2. The largest absolute Gasteiger partial charge is 0.369 e. The maximum atomic E-state index is 13.5. The van der Waals surface area contributed by atoms with Gasteiger partial charge in [0.2, 0.25) is 11.9 Å². The van der Waals surface area contributed by atoms with Gasteiger partial charge < -0.3 is 11.1 Å². The lowest BCUT2D eigenvalue weighted by molar-refractivity contribution is -0.116. The highest BCUT2D eigenvalue weighted by Gasteiger charge is 2.13. The van der Waals surface area contributed by atoms with Crippen molar-refractivity contribution in [3.05, 3.63) is 51.9 Å². The Morgan fingerprint density at radius 1 is 1.35 bits per heavy atom. The Hall–Kier alpha value is -2.77. The Kier molecular flexibility index (Phi) is 4.73. The van der Waals surface area contributed by atoms with Crippen LogP contribution in [0, 0.1) is 11.6 Å². The van der Waals surface area contributed by atoms with E-state index >= 15 is 0 Å². The first-order chi connectivity index (χ1) is 10.8. The molecule has 1 heterocycles. The third-order valence-electron chi connectivity index (χ3n) is 3.16. The molecule has 0 spiro atoms. The number of rotatable bonds is 4. The standard InChI is InChI=1S/C15H16F2N4O2/c1-8(2)12-6-14(23)21(15(18)20-12)7-13(22)19-11-4-3-9(16)5-10(11)17/h3-6,8H,7H2,1-2H3,(H2,18,20)(H,19,22). The van der Waals surface area contributed by atoms with E-state index in [9.17, 15) is 18.4 Å². The summed E-state index contributed by atoms with van der Waals surface area (Å²) >= 11 is 0. The number of carbonyl (C=O) groups is 1. The number of aromatic nitrogens is 2. The third kappa shape index (κ3) is 3.91. The van der Waals surface area contributed by atoms with Gasteiger partial charge in [0.1, 0.15) is 18.2 Å². The first-order valence-corrected chi connectivity index (χ1v) is 6.90. The molecule has 0 aliphatic rings. The van der Waals surface area contributed by atoms with Crippen molar-refractivity contribution in [2.45, 2.75) is 26.3 Å². The zero-order valence-corrected chi connectivity index (χ0v) is 12.6. The average Bonchev–Trinajstić information content (AvgIpc) is 2.45. The number of anilines is 2. The Bertz CT molecular complexity index is 803. The number of benzene rings is 1. The van der Waals surface area contributed by atoms with Gasteiger partial charge in [-0.2, -0.15) is 0 Å². The molecule has 0 fully saturated rings. The molecule has 8 heteroatoms. The second-order valence-electron chi connectivity index (χ2n) is 5.29. The van der Waals surface area contributed by atoms with Crippen LogP contribution in [0.4, 0.5) is 20.4 Å². The Balaban J connectivity index is 2.19. The van der Waals surface area contributed by atoms with E-state index in [-0.39, 0.29) is 17.6 Å². The lowest BCUT2D eigenvalue weighted by Crippen LogP contribution is -2.30. The molecule has 3 N–H and O–H groups in total. The molecule has 0 saturated heterocycles. The molecule has 6 nitrogen and oxygen atoms in total. The number of hydrogen-bond acceptors (Lipinski definition) is 4. The molecule has 1 aromatic heterocycles. The zero-order valence-electron chi connectivity index (χ0n) is 12.6. The number of carbonyl (C=O) groups excluding carboxylic acids is 1. The van der Waals surface area contributed by atoms with E-state index in [2.05, 4.69) is 10.3 Å². The molecule has 2 aromatic rings. The maximum absolute atomic E-state index is 13.5. The summed E-state index contributed by atoms with van der Waals surface area (Å²) in [6.07, 6.45) is 0. The van der Waals surface area contributed by atoms with Crippen molar-refractivity contribution in [2.24, 2.45) is 0 Å². The van der Waals surface area contributed by atoms with Crippen LogP contribution in [0.25, 0.3) is 0 Å². The van der Waals surface area contributed by atoms with E-state index in [4.69, 9.17) is 5.73 Å². The molecule has 1 amide bonds. The van der Waals surface area contributed by atoms with Gasteiger partial charge in [-0.25, -0.2) is 13.8 Å². The lowest BCUT2D eigenvalue weighted by atomic mass is 10.1. The molecule has 1 aromatic carbocycles. The fourth-order valence-electron chi connectivity index (χ4n) is 1.92. The molecule has 23 heavy (non-hydrogen) atoms. The summed E-state index contributed by atoms with van der Waals surface area (Å²) in [5.74, 6) is -2.43. The minimum atomic E-state index is -0.910. The van der Waals surface area contributed by atoms with Crippen molar-refractivity contribution in [1.29, 1.82) is 0 Å². The van der Waals surface area contributed by atoms with E-state index in [0.717, 1.165) is 16.7 Å². The summed E-state index contributed by atoms with van der Waals surface area (Å²) in [5.41, 5.74) is 5.56. The molecule has 2 rings (SSSR count). The summed E-state index contributed by atoms with van der Waals surface area (Å²) in [4.78, 5) is 28.0. The predicted molar refractivity (Wildman–Crippen MR) is 82.0 cm³/mol. The van der Waals surface area contributed by atoms with Gasteiger partial charge in [-0.05, 0) is 18.1 Å². The Morgan fingerprint density at radius 3 is 2.61 bits per heavy atom. The van der Waals surface area contributed by atoms with Gasteiger partial charge in [0, 0.05) is 12.1 Å². The summed E-state index contributed by atoms with van der Waals surface area (Å²) in [7, 11) is 0. The molecular weight excluding hydrogens is 306 g/mol. The van der Waals surface area contributed by atoms with Crippen LogP contribution in [0.1, 0.15) is 25.5 Å².